The third-order valence-electron chi connectivity index (χ3n) is 4.72. The summed E-state index contributed by atoms with van der Waals surface area (Å²) in [5.41, 5.74) is 1.12. The summed E-state index contributed by atoms with van der Waals surface area (Å²) in [6.45, 7) is 6.58. The first-order valence-electron chi connectivity index (χ1n) is 5.37. The molecule has 2 rings (SSSR count). The highest BCUT2D eigenvalue weighted by Gasteiger charge is 2.58. The Labute approximate surface area is 85.8 Å². The monoisotopic (exact) mass is 193 g/mol. The lowest BCUT2D eigenvalue weighted by molar-refractivity contribution is -0.129. The maximum Gasteiger partial charge on any atom is 0.163 e. The van der Waals surface area contributed by atoms with Crippen LogP contribution in [-0.2, 0) is 4.79 Å². The highest BCUT2D eigenvalue weighted by molar-refractivity contribution is 5.97. The van der Waals surface area contributed by atoms with Gasteiger partial charge in [-0.2, -0.15) is 0 Å². The number of rotatable bonds is 1. The molecule has 2 aliphatic carbocycles. The van der Waals surface area contributed by atoms with E-state index >= 15 is 0 Å². The third kappa shape index (κ3) is 0.891. The first-order valence-corrected chi connectivity index (χ1v) is 5.37. The largest absolute Gasteiger partial charge is 0.391 e. The van der Waals surface area contributed by atoms with Crippen molar-refractivity contribution < 1.29 is 4.79 Å². The van der Waals surface area contributed by atoms with E-state index in [1.807, 2.05) is 13.1 Å². The Hall–Kier alpha value is -0.790. The molecule has 0 heterocycles. The van der Waals surface area contributed by atoms with Crippen LogP contribution in [0.2, 0.25) is 0 Å². The Morgan fingerprint density at radius 2 is 2.07 bits per heavy atom. The summed E-state index contributed by atoms with van der Waals surface area (Å²) in [7, 11) is 1.91. The minimum atomic E-state index is -0.127. The molecule has 0 radical (unpaired) electrons. The standard InChI is InChI=1S/C12H19NO/c1-11(2)8-5-6-12(11,3)10(14)7-9(8)13-4/h7-8,13H,5-6H2,1-4H3/t8-,12-/m1/s1. The van der Waals surface area contributed by atoms with E-state index in [-0.39, 0.29) is 10.8 Å². The summed E-state index contributed by atoms with van der Waals surface area (Å²) < 4.78 is 0. The van der Waals surface area contributed by atoms with Gasteiger partial charge in [-0.1, -0.05) is 20.8 Å². The summed E-state index contributed by atoms with van der Waals surface area (Å²) >= 11 is 0. The quantitative estimate of drug-likeness (QED) is 0.691. The summed E-state index contributed by atoms with van der Waals surface area (Å²) in [5.74, 6) is 0.843. The van der Waals surface area contributed by atoms with Crippen molar-refractivity contribution >= 4 is 5.78 Å². The van der Waals surface area contributed by atoms with Crippen LogP contribution in [0.1, 0.15) is 33.6 Å². The SMILES string of the molecule is CNC1=CC(=O)[C@@]2(C)CC[C@H]1C2(C)C. The number of hydrogen-bond acceptors (Lipinski definition) is 2. The van der Waals surface area contributed by atoms with E-state index in [0.29, 0.717) is 11.7 Å². The van der Waals surface area contributed by atoms with Crippen molar-refractivity contribution in [3.63, 3.8) is 0 Å². The first-order chi connectivity index (χ1) is 6.43. The van der Waals surface area contributed by atoms with Gasteiger partial charge in [-0.3, -0.25) is 4.79 Å². The fraction of sp³-hybridized carbons (Fsp3) is 0.750. The molecule has 2 atom stereocenters. The predicted molar refractivity (Wildman–Crippen MR) is 56.8 cm³/mol. The molecule has 0 amide bonds. The van der Waals surface area contributed by atoms with Gasteiger partial charge in [0, 0.05) is 30.2 Å². The van der Waals surface area contributed by atoms with Gasteiger partial charge in [0.15, 0.2) is 5.78 Å². The second-order valence-electron chi connectivity index (χ2n) is 5.36. The highest BCUT2D eigenvalue weighted by atomic mass is 16.1. The summed E-state index contributed by atoms with van der Waals surface area (Å²) in [6, 6.07) is 0. The van der Waals surface area contributed by atoms with Crippen molar-refractivity contribution in [3.8, 4) is 0 Å². The van der Waals surface area contributed by atoms with Gasteiger partial charge in [0.2, 0.25) is 0 Å². The molecule has 2 heteroatoms. The zero-order valence-corrected chi connectivity index (χ0v) is 9.48. The Bertz CT molecular complexity index is 316. The Morgan fingerprint density at radius 3 is 2.64 bits per heavy atom. The van der Waals surface area contributed by atoms with Crippen LogP contribution in [0.3, 0.4) is 0 Å². The van der Waals surface area contributed by atoms with Gasteiger partial charge in [-0.25, -0.2) is 0 Å². The molecule has 0 aromatic rings. The molecule has 2 nitrogen and oxygen atoms in total. The van der Waals surface area contributed by atoms with Gasteiger partial charge in [-0.15, -0.1) is 0 Å². The van der Waals surface area contributed by atoms with E-state index < -0.39 is 0 Å². The number of fused-ring (bicyclic) bond motifs is 2. The van der Waals surface area contributed by atoms with E-state index in [2.05, 4.69) is 26.1 Å². The third-order valence-corrected chi connectivity index (χ3v) is 4.72. The van der Waals surface area contributed by atoms with Crippen LogP contribution in [0, 0.1) is 16.7 Å². The summed E-state index contributed by atoms with van der Waals surface area (Å²) in [4.78, 5) is 12.0. The first kappa shape index (κ1) is 9.75. The van der Waals surface area contributed by atoms with Crippen LogP contribution < -0.4 is 5.32 Å². The average molecular weight is 193 g/mol. The van der Waals surface area contributed by atoms with Gasteiger partial charge < -0.3 is 5.32 Å². The number of carbonyl (C=O) groups excluding carboxylic acids is 1. The summed E-state index contributed by atoms with van der Waals surface area (Å²) in [6.07, 6.45) is 4.00. The van der Waals surface area contributed by atoms with Gasteiger partial charge in [0.25, 0.3) is 0 Å². The van der Waals surface area contributed by atoms with Gasteiger partial charge in [0.05, 0.1) is 0 Å². The van der Waals surface area contributed by atoms with E-state index in [9.17, 15) is 4.79 Å². The molecule has 1 saturated carbocycles. The maximum atomic E-state index is 12.0. The van der Waals surface area contributed by atoms with Gasteiger partial charge in [0.1, 0.15) is 0 Å². The molecule has 14 heavy (non-hydrogen) atoms. The Balaban J connectivity index is 2.53. The Morgan fingerprint density at radius 1 is 1.43 bits per heavy atom. The molecule has 0 unspecified atom stereocenters. The normalized spacial score (nSPS) is 39.6. The minimum absolute atomic E-state index is 0.108. The smallest absolute Gasteiger partial charge is 0.163 e. The second-order valence-corrected chi connectivity index (χ2v) is 5.36. The Kier molecular flexibility index (Phi) is 1.82. The van der Waals surface area contributed by atoms with Crippen LogP contribution in [-0.4, -0.2) is 12.8 Å². The van der Waals surface area contributed by atoms with Crippen molar-refractivity contribution in [2.45, 2.75) is 33.6 Å². The van der Waals surface area contributed by atoms with Crippen LogP contribution in [0.25, 0.3) is 0 Å². The molecular weight excluding hydrogens is 174 g/mol. The molecule has 2 aliphatic rings. The molecule has 0 aromatic heterocycles. The number of nitrogens with one attached hydrogen (secondary N) is 1. The fourth-order valence-electron chi connectivity index (χ4n) is 3.13. The number of allylic oxidation sites excluding steroid dienone is 2. The van der Waals surface area contributed by atoms with Crippen molar-refractivity contribution in [1.29, 1.82) is 0 Å². The fourth-order valence-corrected chi connectivity index (χ4v) is 3.13. The van der Waals surface area contributed by atoms with E-state index in [1.165, 1.54) is 0 Å². The molecule has 0 aromatic carbocycles. The molecule has 0 spiro atoms. The highest BCUT2D eigenvalue weighted by Crippen LogP contribution is 2.60. The van der Waals surface area contributed by atoms with Crippen molar-refractivity contribution in [2.24, 2.45) is 16.7 Å². The molecular formula is C12H19NO. The molecule has 0 saturated heterocycles. The topological polar surface area (TPSA) is 29.1 Å². The van der Waals surface area contributed by atoms with Crippen molar-refractivity contribution in [3.05, 3.63) is 11.8 Å². The molecule has 78 valence electrons. The van der Waals surface area contributed by atoms with Crippen molar-refractivity contribution in [2.75, 3.05) is 7.05 Å². The molecule has 0 aliphatic heterocycles. The molecule has 1 N–H and O–H groups in total. The van der Waals surface area contributed by atoms with Gasteiger partial charge in [-0.05, 0) is 18.3 Å². The lowest BCUT2D eigenvalue weighted by atomic mass is 9.60. The van der Waals surface area contributed by atoms with Crippen LogP contribution in [0.5, 0.6) is 0 Å². The lowest BCUT2D eigenvalue weighted by Crippen LogP contribution is -2.45. The predicted octanol–water partition coefficient (Wildman–Crippen LogP) is 2.11. The van der Waals surface area contributed by atoms with Crippen molar-refractivity contribution in [1.82, 2.24) is 5.32 Å². The van der Waals surface area contributed by atoms with Gasteiger partial charge >= 0.3 is 0 Å². The molecule has 1 fully saturated rings. The second kappa shape index (κ2) is 2.62. The zero-order chi connectivity index (χ0) is 10.6. The van der Waals surface area contributed by atoms with Crippen LogP contribution in [0.15, 0.2) is 11.8 Å². The molecule has 2 bridgehead atoms. The lowest BCUT2D eigenvalue weighted by Gasteiger charge is -2.44. The van der Waals surface area contributed by atoms with E-state index in [4.69, 9.17) is 0 Å². The van der Waals surface area contributed by atoms with Crippen LogP contribution in [0.4, 0.5) is 0 Å². The summed E-state index contributed by atoms with van der Waals surface area (Å²) in [5, 5.41) is 3.18. The number of ketones is 1. The van der Waals surface area contributed by atoms with E-state index in [1.54, 1.807) is 0 Å². The average Bonchev–Trinajstić information content (AvgIpc) is 2.29. The van der Waals surface area contributed by atoms with E-state index in [0.717, 1.165) is 18.5 Å². The maximum absolute atomic E-state index is 12.0. The zero-order valence-electron chi connectivity index (χ0n) is 9.48. The minimum Gasteiger partial charge on any atom is -0.391 e. The number of hydrogen-bond donors (Lipinski definition) is 1. The number of carbonyl (C=O) groups is 1. The van der Waals surface area contributed by atoms with Crippen LogP contribution >= 0.6 is 0 Å².